The predicted molar refractivity (Wildman–Crippen MR) is 83.5 cm³/mol. The van der Waals surface area contributed by atoms with Crippen molar-refractivity contribution < 1.29 is 5.21 Å². The zero-order valence-electron chi connectivity index (χ0n) is 11.6. The molecule has 21 heavy (non-hydrogen) atoms. The zero-order chi connectivity index (χ0) is 15.2. The molecular weight excluding hydrogens is 288 g/mol. The van der Waals surface area contributed by atoms with Crippen LogP contribution in [-0.4, -0.2) is 16.0 Å². The highest BCUT2D eigenvalue weighted by molar-refractivity contribution is 6.30. The normalized spacial score (nSPS) is 13.1. The lowest BCUT2D eigenvalue weighted by Gasteiger charge is -2.14. The van der Waals surface area contributed by atoms with Crippen LogP contribution in [0.15, 0.2) is 47.8 Å². The third kappa shape index (κ3) is 4.18. The Morgan fingerprint density at radius 2 is 2.10 bits per heavy atom. The molecule has 0 amide bonds. The van der Waals surface area contributed by atoms with E-state index < -0.39 is 0 Å². The Morgan fingerprint density at radius 1 is 1.38 bits per heavy atom. The van der Waals surface area contributed by atoms with E-state index in [9.17, 15) is 0 Å². The Hall–Kier alpha value is -2.11. The predicted octanol–water partition coefficient (Wildman–Crippen LogP) is 2.68. The second kappa shape index (κ2) is 7.06. The minimum absolute atomic E-state index is 0.00241. The van der Waals surface area contributed by atoms with Crippen molar-refractivity contribution in [2.45, 2.75) is 19.5 Å². The number of nitrogens with zero attached hydrogens (tertiary/aromatic N) is 2. The van der Waals surface area contributed by atoms with Crippen LogP contribution < -0.4 is 11.1 Å². The van der Waals surface area contributed by atoms with Gasteiger partial charge in [-0.3, -0.25) is 4.98 Å². The molecule has 0 aliphatic carbocycles. The molecule has 0 fully saturated rings. The van der Waals surface area contributed by atoms with Crippen LogP contribution in [0.5, 0.6) is 0 Å². The molecule has 0 spiro atoms. The number of halogens is 1. The van der Waals surface area contributed by atoms with Gasteiger partial charge in [0.1, 0.15) is 5.69 Å². The van der Waals surface area contributed by atoms with Gasteiger partial charge < -0.3 is 16.3 Å². The first kappa shape index (κ1) is 15.3. The van der Waals surface area contributed by atoms with Crippen molar-refractivity contribution in [2.24, 2.45) is 10.9 Å². The lowest BCUT2D eigenvalue weighted by atomic mass is 10.1. The summed E-state index contributed by atoms with van der Waals surface area (Å²) in [7, 11) is 0. The lowest BCUT2D eigenvalue weighted by molar-refractivity contribution is 0.318. The Kier molecular flexibility index (Phi) is 5.14. The molecule has 1 aromatic carbocycles. The number of hydrogen-bond donors (Lipinski definition) is 3. The molecule has 6 heteroatoms. The summed E-state index contributed by atoms with van der Waals surface area (Å²) in [5.41, 5.74) is 8.15. The number of aromatic nitrogens is 1. The summed E-state index contributed by atoms with van der Waals surface area (Å²) in [6.45, 7) is 2.73. The fourth-order valence-corrected chi connectivity index (χ4v) is 2.04. The Labute approximate surface area is 128 Å². The van der Waals surface area contributed by atoms with Crippen LogP contribution in [0.25, 0.3) is 0 Å². The highest BCUT2D eigenvalue weighted by Crippen LogP contribution is 2.16. The van der Waals surface area contributed by atoms with E-state index in [2.05, 4.69) is 22.4 Å². The van der Waals surface area contributed by atoms with Gasteiger partial charge in [-0.2, -0.15) is 0 Å². The second-order valence-corrected chi connectivity index (χ2v) is 5.13. The molecule has 2 aromatic rings. The molecule has 5 nitrogen and oxygen atoms in total. The minimum Gasteiger partial charge on any atom is -0.409 e. The van der Waals surface area contributed by atoms with Gasteiger partial charge in [-0.15, -0.1) is 0 Å². The van der Waals surface area contributed by atoms with Crippen LogP contribution in [0.4, 0.5) is 0 Å². The fourth-order valence-electron chi connectivity index (χ4n) is 1.92. The Bertz CT molecular complexity index is 628. The smallest absolute Gasteiger partial charge is 0.188 e. The van der Waals surface area contributed by atoms with Crippen molar-refractivity contribution in [3.05, 3.63) is 64.4 Å². The number of rotatable bonds is 5. The third-order valence-corrected chi connectivity index (χ3v) is 3.43. The maximum atomic E-state index is 8.66. The van der Waals surface area contributed by atoms with E-state index >= 15 is 0 Å². The summed E-state index contributed by atoms with van der Waals surface area (Å²) in [4.78, 5) is 4.05. The molecule has 0 aliphatic rings. The van der Waals surface area contributed by atoms with Crippen molar-refractivity contribution in [2.75, 3.05) is 0 Å². The quantitative estimate of drug-likeness (QED) is 0.343. The maximum Gasteiger partial charge on any atom is 0.188 e. The molecule has 4 N–H and O–H groups in total. The molecule has 1 atom stereocenters. The number of hydrogen-bond acceptors (Lipinski definition) is 4. The average molecular weight is 305 g/mol. The van der Waals surface area contributed by atoms with Gasteiger partial charge in [0.15, 0.2) is 5.84 Å². The van der Waals surface area contributed by atoms with Crippen molar-refractivity contribution in [3.8, 4) is 0 Å². The molecule has 0 aliphatic heterocycles. The SMILES string of the molecule is C[C@@H](NCc1ccnc(/C(N)=N/O)c1)c1ccc(Cl)cc1. The summed E-state index contributed by atoms with van der Waals surface area (Å²) >= 11 is 5.88. The molecular formula is C15H17ClN4O. The fraction of sp³-hybridized carbons (Fsp3) is 0.200. The van der Waals surface area contributed by atoms with E-state index in [0.29, 0.717) is 12.2 Å². The molecule has 0 unspecified atom stereocenters. The van der Waals surface area contributed by atoms with Gasteiger partial charge in [-0.05, 0) is 42.3 Å². The average Bonchev–Trinajstić information content (AvgIpc) is 2.52. The van der Waals surface area contributed by atoms with Crippen LogP contribution in [0.1, 0.15) is 29.8 Å². The van der Waals surface area contributed by atoms with Crippen LogP contribution in [0.2, 0.25) is 5.02 Å². The van der Waals surface area contributed by atoms with Gasteiger partial charge in [-0.25, -0.2) is 0 Å². The molecule has 110 valence electrons. The highest BCUT2D eigenvalue weighted by Gasteiger charge is 2.06. The van der Waals surface area contributed by atoms with Gasteiger partial charge in [0.2, 0.25) is 0 Å². The van der Waals surface area contributed by atoms with E-state index in [-0.39, 0.29) is 11.9 Å². The molecule has 0 radical (unpaired) electrons. The van der Waals surface area contributed by atoms with Crippen molar-refractivity contribution in [3.63, 3.8) is 0 Å². The first-order valence-corrected chi connectivity index (χ1v) is 6.89. The van der Waals surface area contributed by atoms with E-state index in [1.54, 1.807) is 12.3 Å². The number of amidine groups is 1. The van der Waals surface area contributed by atoms with Gasteiger partial charge in [0, 0.05) is 23.8 Å². The van der Waals surface area contributed by atoms with Gasteiger partial charge >= 0.3 is 0 Å². The Morgan fingerprint density at radius 3 is 2.76 bits per heavy atom. The van der Waals surface area contributed by atoms with Crippen molar-refractivity contribution in [1.82, 2.24) is 10.3 Å². The Balaban J connectivity index is 2.01. The first-order valence-electron chi connectivity index (χ1n) is 6.52. The monoisotopic (exact) mass is 304 g/mol. The lowest BCUT2D eigenvalue weighted by Crippen LogP contribution is -2.19. The van der Waals surface area contributed by atoms with Gasteiger partial charge in [0.05, 0.1) is 0 Å². The van der Waals surface area contributed by atoms with Crippen LogP contribution >= 0.6 is 11.6 Å². The largest absolute Gasteiger partial charge is 0.409 e. The molecule has 0 saturated carbocycles. The number of nitrogens with two attached hydrogens (primary N) is 1. The van der Waals surface area contributed by atoms with Crippen LogP contribution in [-0.2, 0) is 6.54 Å². The topological polar surface area (TPSA) is 83.5 Å². The van der Waals surface area contributed by atoms with Crippen molar-refractivity contribution in [1.29, 1.82) is 0 Å². The van der Waals surface area contributed by atoms with Gasteiger partial charge in [0.25, 0.3) is 0 Å². The van der Waals surface area contributed by atoms with E-state index in [1.807, 2.05) is 30.3 Å². The second-order valence-electron chi connectivity index (χ2n) is 4.69. The zero-order valence-corrected chi connectivity index (χ0v) is 12.4. The summed E-state index contributed by atoms with van der Waals surface area (Å²) in [6, 6.07) is 11.6. The number of pyridine rings is 1. The molecule has 0 bridgehead atoms. The number of oxime groups is 1. The van der Waals surface area contributed by atoms with E-state index in [1.165, 1.54) is 0 Å². The number of benzene rings is 1. The maximum absolute atomic E-state index is 8.66. The van der Waals surface area contributed by atoms with E-state index in [0.717, 1.165) is 16.1 Å². The summed E-state index contributed by atoms with van der Waals surface area (Å²) < 4.78 is 0. The molecule has 0 saturated heterocycles. The first-order chi connectivity index (χ1) is 10.1. The highest BCUT2D eigenvalue weighted by atomic mass is 35.5. The van der Waals surface area contributed by atoms with Crippen LogP contribution in [0, 0.1) is 0 Å². The summed E-state index contributed by atoms with van der Waals surface area (Å²) in [5, 5.41) is 15.7. The van der Waals surface area contributed by atoms with Crippen molar-refractivity contribution >= 4 is 17.4 Å². The standard InChI is InChI=1S/C15H17ClN4O/c1-10(12-2-4-13(16)5-3-12)19-9-11-6-7-18-14(8-11)15(17)20-21/h2-8,10,19,21H,9H2,1H3,(H2,17,20)/t10-/m1/s1. The van der Waals surface area contributed by atoms with E-state index in [4.69, 9.17) is 22.5 Å². The van der Waals surface area contributed by atoms with Crippen LogP contribution in [0.3, 0.4) is 0 Å². The minimum atomic E-state index is 0.00241. The molecule has 2 rings (SSSR count). The summed E-state index contributed by atoms with van der Waals surface area (Å²) in [5.74, 6) is 0.00241. The summed E-state index contributed by atoms with van der Waals surface area (Å²) in [6.07, 6.45) is 1.64. The number of nitrogens with one attached hydrogen (secondary N) is 1. The molecule has 1 heterocycles. The third-order valence-electron chi connectivity index (χ3n) is 3.18. The molecule has 1 aromatic heterocycles. The van der Waals surface area contributed by atoms with Gasteiger partial charge in [-0.1, -0.05) is 28.9 Å².